The molecule has 1 unspecified atom stereocenters. The van der Waals surface area contributed by atoms with Crippen LogP contribution in [0.5, 0.6) is 0 Å². The Morgan fingerprint density at radius 3 is 2.14 bits per heavy atom. The van der Waals surface area contributed by atoms with Crippen molar-refractivity contribution < 1.29 is 0 Å². The zero-order valence-corrected chi connectivity index (χ0v) is 10.9. The van der Waals surface area contributed by atoms with E-state index >= 15 is 0 Å². The van der Waals surface area contributed by atoms with Crippen LogP contribution < -0.4 is 0 Å². The maximum absolute atomic E-state index is 2.29. The van der Waals surface area contributed by atoms with Gasteiger partial charge in [-0.05, 0) is 31.1 Å². The summed E-state index contributed by atoms with van der Waals surface area (Å²) >= 11 is 0. The lowest BCUT2D eigenvalue weighted by atomic mass is 10.00. The quantitative estimate of drug-likeness (QED) is 0.375. The molecular formula is C13H27P. The molecule has 0 aliphatic heterocycles. The molecule has 1 saturated carbocycles. The van der Waals surface area contributed by atoms with Crippen molar-refractivity contribution >= 4 is 8.58 Å². The topological polar surface area (TPSA) is 0 Å². The van der Waals surface area contributed by atoms with Crippen LogP contribution in [0, 0.1) is 0 Å². The van der Waals surface area contributed by atoms with Crippen molar-refractivity contribution in [2.75, 3.05) is 6.16 Å². The average Bonchev–Trinajstić information content (AvgIpc) is 2.13. The molecule has 0 aromatic heterocycles. The summed E-state index contributed by atoms with van der Waals surface area (Å²) in [6, 6.07) is 0. The molecule has 1 heteroatoms. The van der Waals surface area contributed by atoms with Crippen molar-refractivity contribution in [2.24, 2.45) is 0 Å². The Hall–Kier alpha value is 0.430. The molecule has 0 saturated heterocycles. The van der Waals surface area contributed by atoms with Crippen LogP contribution in [0.1, 0.15) is 71.1 Å². The Morgan fingerprint density at radius 2 is 1.57 bits per heavy atom. The molecule has 0 N–H and O–H groups in total. The van der Waals surface area contributed by atoms with Gasteiger partial charge in [0.1, 0.15) is 0 Å². The Morgan fingerprint density at radius 1 is 0.929 bits per heavy atom. The first-order valence-corrected chi connectivity index (χ1v) is 7.95. The van der Waals surface area contributed by atoms with Gasteiger partial charge in [0.15, 0.2) is 0 Å². The summed E-state index contributed by atoms with van der Waals surface area (Å²) in [5.74, 6) is 0. The fraction of sp³-hybridized carbons (Fsp3) is 1.00. The first-order valence-electron chi connectivity index (χ1n) is 6.67. The maximum atomic E-state index is 2.29. The molecule has 0 radical (unpaired) electrons. The van der Waals surface area contributed by atoms with Crippen LogP contribution in [0.3, 0.4) is 0 Å². The zero-order chi connectivity index (χ0) is 10.1. The third-order valence-electron chi connectivity index (χ3n) is 3.32. The predicted octanol–water partition coefficient (Wildman–Crippen LogP) is 4.97. The van der Waals surface area contributed by atoms with Crippen LogP contribution in [0.2, 0.25) is 0 Å². The Bertz CT molecular complexity index is 118. The highest BCUT2D eigenvalue weighted by Gasteiger charge is 2.15. The van der Waals surface area contributed by atoms with E-state index in [2.05, 4.69) is 6.92 Å². The third kappa shape index (κ3) is 6.02. The first-order chi connectivity index (χ1) is 6.93. The second-order valence-electron chi connectivity index (χ2n) is 4.70. The normalized spacial score (nSPS) is 17.8. The molecule has 0 spiro atoms. The molecule has 1 aliphatic rings. The number of unbranched alkanes of at least 4 members (excludes halogenated alkanes) is 6. The second kappa shape index (κ2) is 8.72. The summed E-state index contributed by atoms with van der Waals surface area (Å²) in [7, 11) is 1.31. The lowest BCUT2D eigenvalue weighted by molar-refractivity contribution is 0.517. The Kier molecular flexibility index (Phi) is 7.78. The van der Waals surface area contributed by atoms with E-state index in [9.17, 15) is 0 Å². The zero-order valence-electron chi connectivity index (χ0n) is 9.86. The van der Waals surface area contributed by atoms with Crippen molar-refractivity contribution in [3.8, 4) is 0 Å². The fourth-order valence-electron chi connectivity index (χ4n) is 2.00. The van der Waals surface area contributed by atoms with Crippen molar-refractivity contribution in [1.29, 1.82) is 0 Å². The van der Waals surface area contributed by atoms with Gasteiger partial charge in [0.2, 0.25) is 0 Å². The summed E-state index contributed by atoms with van der Waals surface area (Å²) in [6.45, 7) is 2.29. The van der Waals surface area contributed by atoms with E-state index in [1.165, 1.54) is 59.9 Å². The van der Waals surface area contributed by atoms with Gasteiger partial charge in [-0.2, -0.15) is 0 Å². The minimum atomic E-state index is 1.16. The Labute approximate surface area is 92.0 Å². The van der Waals surface area contributed by atoms with Crippen molar-refractivity contribution in [3.05, 3.63) is 0 Å². The lowest BCUT2D eigenvalue weighted by Gasteiger charge is -2.25. The number of rotatable bonds is 9. The van der Waals surface area contributed by atoms with Crippen LogP contribution in [0.25, 0.3) is 0 Å². The van der Waals surface area contributed by atoms with Gasteiger partial charge in [0.25, 0.3) is 0 Å². The Balaban J connectivity index is 1.67. The summed E-state index contributed by atoms with van der Waals surface area (Å²) in [4.78, 5) is 0. The van der Waals surface area contributed by atoms with E-state index in [0.717, 1.165) is 5.66 Å². The molecule has 0 aromatic rings. The second-order valence-corrected chi connectivity index (χ2v) is 6.43. The highest BCUT2D eigenvalue weighted by atomic mass is 31.1. The van der Waals surface area contributed by atoms with Gasteiger partial charge in [-0.25, -0.2) is 0 Å². The van der Waals surface area contributed by atoms with Gasteiger partial charge < -0.3 is 0 Å². The van der Waals surface area contributed by atoms with E-state index in [4.69, 9.17) is 0 Å². The molecule has 14 heavy (non-hydrogen) atoms. The number of hydrogen-bond acceptors (Lipinski definition) is 0. The molecule has 1 atom stereocenters. The molecule has 0 nitrogen and oxygen atoms in total. The average molecular weight is 214 g/mol. The molecule has 0 heterocycles. The summed E-state index contributed by atoms with van der Waals surface area (Å²) in [6.07, 6.45) is 16.5. The standard InChI is InChI=1S/C13H27P/c1-2-3-4-5-6-7-8-12-14-13-10-9-11-13/h13-14H,2-12H2,1H3. The SMILES string of the molecule is CCCCCCCCCPC1CCC1. The summed E-state index contributed by atoms with van der Waals surface area (Å²) in [5, 5.41) is 0. The van der Waals surface area contributed by atoms with Gasteiger partial charge in [0, 0.05) is 0 Å². The van der Waals surface area contributed by atoms with Crippen molar-refractivity contribution in [3.63, 3.8) is 0 Å². The summed E-state index contributed by atoms with van der Waals surface area (Å²) in [5.41, 5.74) is 1.16. The van der Waals surface area contributed by atoms with E-state index in [1.807, 2.05) is 0 Å². The molecule has 1 fully saturated rings. The number of hydrogen-bond donors (Lipinski definition) is 0. The van der Waals surface area contributed by atoms with Crippen molar-refractivity contribution in [1.82, 2.24) is 0 Å². The highest BCUT2D eigenvalue weighted by Crippen LogP contribution is 2.36. The largest absolute Gasteiger partial charge is 0.119 e. The summed E-state index contributed by atoms with van der Waals surface area (Å²) < 4.78 is 0. The minimum absolute atomic E-state index is 1.16. The van der Waals surface area contributed by atoms with Gasteiger partial charge in [0.05, 0.1) is 0 Å². The monoisotopic (exact) mass is 214 g/mol. The van der Waals surface area contributed by atoms with Crippen LogP contribution in [-0.2, 0) is 0 Å². The van der Waals surface area contributed by atoms with E-state index in [-0.39, 0.29) is 0 Å². The molecule has 0 aromatic carbocycles. The smallest absolute Gasteiger partial charge is 0.0237 e. The first kappa shape index (κ1) is 12.5. The van der Waals surface area contributed by atoms with Crippen LogP contribution in [-0.4, -0.2) is 11.8 Å². The molecular weight excluding hydrogens is 187 g/mol. The molecule has 0 amide bonds. The van der Waals surface area contributed by atoms with Crippen LogP contribution in [0.4, 0.5) is 0 Å². The van der Waals surface area contributed by atoms with Gasteiger partial charge in [-0.1, -0.05) is 51.9 Å². The van der Waals surface area contributed by atoms with Crippen LogP contribution >= 0.6 is 8.58 Å². The van der Waals surface area contributed by atoms with E-state index in [1.54, 1.807) is 19.0 Å². The van der Waals surface area contributed by atoms with Gasteiger partial charge in [-0.15, -0.1) is 8.58 Å². The molecule has 84 valence electrons. The third-order valence-corrected chi connectivity index (χ3v) is 5.12. The maximum Gasteiger partial charge on any atom is -0.0237 e. The molecule has 1 aliphatic carbocycles. The van der Waals surface area contributed by atoms with Crippen LogP contribution in [0.15, 0.2) is 0 Å². The predicted molar refractivity (Wildman–Crippen MR) is 68.8 cm³/mol. The molecule has 1 rings (SSSR count). The van der Waals surface area contributed by atoms with Gasteiger partial charge in [-0.3, -0.25) is 0 Å². The highest BCUT2D eigenvalue weighted by molar-refractivity contribution is 7.38. The molecule has 0 bridgehead atoms. The van der Waals surface area contributed by atoms with E-state index < -0.39 is 0 Å². The minimum Gasteiger partial charge on any atom is -0.119 e. The fourth-order valence-corrected chi connectivity index (χ4v) is 3.68. The lowest BCUT2D eigenvalue weighted by Crippen LogP contribution is -2.11. The van der Waals surface area contributed by atoms with E-state index in [0.29, 0.717) is 0 Å². The van der Waals surface area contributed by atoms with Crippen molar-refractivity contribution in [2.45, 2.75) is 76.8 Å². The van der Waals surface area contributed by atoms with Gasteiger partial charge >= 0.3 is 0 Å².